The van der Waals surface area contributed by atoms with Crippen molar-refractivity contribution in [2.24, 2.45) is 0 Å². The van der Waals surface area contributed by atoms with Gasteiger partial charge in [0.1, 0.15) is 4.34 Å². The summed E-state index contributed by atoms with van der Waals surface area (Å²) >= 11 is 3.41. The van der Waals surface area contributed by atoms with Gasteiger partial charge in [0.2, 0.25) is 0 Å². The maximum absolute atomic E-state index is 5.69. The van der Waals surface area contributed by atoms with E-state index in [9.17, 15) is 0 Å². The molecule has 1 aromatic heterocycles. The minimum atomic E-state index is 0.822. The number of thioether (sulfide) groups is 1. The van der Waals surface area contributed by atoms with E-state index >= 15 is 0 Å². The molecule has 0 bridgehead atoms. The van der Waals surface area contributed by atoms with Crippen molar-refractivity contribution in [1.29, 1.82) is 0 Å². The van der Waals surface area contributed by atoms with E-state index in [0.29, 0.717) is 0 Å². The Bertz CT molecular complexity index is 398. The van der Waals surface area contributed by atoms with Gasteiger partial charge in [-0.2, -0.15) is 0 Å². The highest BCUT2D eigenvalue weighted by Gasteiger charge is 1.98. The van der Waals surface area contributed by atoms with E-state index in [2.05, 4.69) is 11.1 Å². The van der Waals surface area contributed by atoms with E-state index in [0.717, 1.165) is 15.8 Å². The van der Waals surface area contributed by atoms with Crippen molar-refractivity contribution >= 4 is 28.8 Å². The van der Waals surface area contributed by atoms with E-state index < -0.39 is 0 Å². The van der Waals surface area contributed by atoms with E-state index in [1.807, 2.05) is 29.8 Å². The number of hydrogen-bond donors (Lipinski definition) is 1. The smallest absolute Gasteiger partial charge is 0.150 e. The third-order valence-electron chi connectivity index (χ3n) is 1.72. The Hall–Kier alpha value is -1.00. The summed E-state index contributed by atoms with van der Waals surface area (Å²) in [7, 11) is 0. The van der Waals surface area contributed by atoms with Crippen LogP contribution in [0, 0.1) is 0 Å². The summed E-state index contributed by atoms with van der Waals surface area (Å²) in [6.07, 6.45) is 1.83. The summed E-state index contributed by atoms with van der Waals surface area (Å²) in [5, 5.41) is 1.99. The molecule has 0 saturated carbocycles. The maximum Gasteiger partial charge on any atom is 0.150 e. The van der Waals surface area contributed by atoms with E-state index in [1.165, 1.54) is 5.56 Å². The monoisotopic (exact) mass is 222 g/mol. The number of rotatable bonds is 3. The van der Waals surface area contributed by atoms with Gasteiger partial charge in [-0.05, 0) is 17.7 Å². The molecule has 2 nitrogen and oxygen atoms in total. The number of thiazole rings is 1. The Morgan fingerprint density at radius 2 is 2.36 bits per heavy atom. The molecular weight excluding hydrogens is 212 g/mol. The van der Waals surface area contributed by atoms with Gasteiger partial charge in [-0.1, -0.05) is 23.9 Å². The standard InChI is InChI=1S/C10H10N2S2/c11-9-3-1-2-8(6-9)7-14-10-12-4-5-13-10/h1-6H,7,11H2. The minimum Gasteiger partial charge on any atom is -0.399 e. The van der Waals surface area contributed by atoms with Crippen molar-refractivity contribution in [2.45, 2.75) is 10.1 Å². The average molecular weight is 222 g/mol. The third-order valence-corrected chi connectivity index (χ3v) is 3.76. The lowest BCUT2D eigenvalue weighted by Crippen LogP contribution is -1.86. The molecule has 0 aliphatic rings. The SMILES string of the molecule is Nc1cccc(CSc2nccs2)c1. The number of anilines is 1. The second-order valence-corrected chi connectivity index (χ2v) is 4.95. The first kappa shape index (κ1) is 9.55. The van der Waals surface area contributed by atoms with Gasteiger partial charge in [-0.3, -0.25) is 0 Å². The molecule has 0 aliphatic heterocycles. The zero-order chi connectivity index (χ0) is 9.80. The van der Waals surface area contributed by atoms with Crippen LogP contribution in [0.4, 0.5) is 5.69 Å². The van der Waals surface area contributed by atoms with Gasteiger partial charge >= 0.3 is 0 Å². The molecule has 2 rings (SSSR count). The predicted octanol–water partition coefficient (Wildman–Crippen LogP) is 3.02. The highest BCUT2D eigenvalue weighted by atomic mass is 32.2. The molecule has 0 aliphatic carbocycles. The Morgan fingerprint density at radius 1 is 1.43 bits per heavy atom. The molecule has 1 heterocycles. The first-order chi connectivity index (χ1) is 6.84. The molecule has 0 unspecified atom stereocenters. The molecule has 0 spiro atoms. The third kappa shape index (κ3) is 2.49. The zero-order valence-electron chi connectivity index (χ0n) is 7.51. The molecule has 72 valence electrons. The second-order valence-electron chi connectivity index (χ2n) is 2.83. The van der Waals surface area contributed by atoms with Crippen LogP contribution in [-0.2, 0) is 5.75 Å². The fourth-order valence-electron chi connectivity index (χ4n) is 1.11. The molecule has 14 heavy (non-hydrogen) atoms. The molecule has 0 amide bonds. The van der Waals surface area contributed by atoms with Crippen LogP contribution in [0.1, 0.15) is 5.56 Å². The Labute approximate surface area is 91.2 Å². The van der Waals surface area contributed by atoms with Crippen LogP contribution in [0.3, 0.4) is 0 Å². The molecular formula is C10H10N2S2. The van der Waals surface area contributed by atoms with Crippen LogP contribution in [0.25, 0.3) is 0 Å². The topological polar surface area (TPSA) is 38.9 Å². The molecule has 0 atom stereocenters. The summed E-state index contributed by atoms with van der Waals surface area (Å²) < 4.78 is 1.10. The zero-order valence-corrected chi connectivity index (χ0v) is 9.15. The van der Waals surface area contributed by atoms with E-state index in [4.69, 9.17) is 5.73 Å². The normalized spacial score (nSPS) is 10.3. The Kier molecular flexibility index (Phi) is 3.06. The van der Waals surface area contributed by atoms with Crippen LogP contribution < -0.4 is 5.73 Å². The summed E-state index contributed by atoms with van der Waals surface area (Å²) in [6, 6.07) is 7.96. The van der Waals surface area contributed by atoms with Gasteiger partial charge in [0, 0.05) is 23.0 Å². The summed E-state index contributed by atoms with van der Waals surface area (Å²) in [6.45, 7) is 0. The lowest BCUT2D eigenvalue weighted by molar-refractivity contribution is 1.24. The van der Waals surface area contributed by atoms with Gasteiger partial charge in [-0.25, -0.2) is 4.98 Å². The van der Waals surface area contributed by atoms with E-state index in [1.54, 1.807) is 23.1 Å². The van der Waals surface area contributed by atoms with Gasteiger partial charge in [0.25, 0.3) is 0 Å². The number of nitrogens with two attached hydrogens (primary N) is 1. The highest BCUT2D eigenvalue weighted by molar-refractivity contribution is 8.00. The number of aromatic nitrogens is 1. The van der Waals surface area contributed by atoms with Crippen molar-refractivity contribution in [3.05, 3.63) is 41.4 Å². The van der Waals surface area contributed by atoms with Crippen molar-refractivity contribution in [2.75, 3.05) is 5.73 Å². The van der Waals surface area contributed by atoms with Gasteiger partial charge in [0.05, 0.1) is 0 Å². The number of benzene rings is 1. The number of nitrogens with zero attached hydrogens (tertiary/aromatic N) is 1. The van der Waals surface area contributed by atoms with Crippen molar-refractivity contribution < 1.29 is 0 Å². The fourth-order valence-corrected chi connectivity index (χ4v) is 2.69. The Morgan fingerprint density at radius 3 is 3.07 bits per heavy atom. The first-order valence-electron chi connectivity index (χ1n) is 4.21. The van der Waals surface area contributed by atoms with Crippen LogP contribution in [0.15, 0.2) is 40.2 Å². The quantitative estimate of drug-likeness (QED) is 0.641. The number of hydrogen-bond acceptors (Lipinski definition) is 4. The average Bonchev–Trinajstić information content (AvgIpc) is 2.67. The van der Waals surface area contributed by atoms with Gasteiger partial charge < -0.3 is 5.73 Å². The lowest BCUT2D eigenvalue weighted by Gasteiger charge is -1.99. The molecule has 4 heteroatoms. The van der Waals surface area contributed by atoms with Crippen molar-refractivity contribution in [3.63, 3.8) is 0 Å². The molecule has 0 radical (unpaired) electrons. The lowest BCUT2D eigenvalue weighted by atomic mass is 10.2. The molecule has 1 aromatic carbocycles. The fraction of sp³-hybridized carbons (Fsp3) is 0.100. The molecule has 2 aromatic rings. The molecule has 0 fully saturated rings. The molecule has 2 N–H and O–H groups in total. The van der Waals surface area contributed by atoms with Crippen LogP contribution in [0.2, 0.25) is 0 Å². The van der Waals surface area contributed by atoms with Gasteiger partial charge in [0.15, 0.2) is 0 Å². The summed E-state index contributed by atoms with van der Waals surface area (Å²) in [5.41, 5.74) is 7.75. The summed E-state index contributed by atoms with van der Waals surface area (Å²) in [4.78, 5) is 4.20. The van der Waals surface area contributed by atoms with Crippen molar-refractivity contribution in [3.8, 4) is 0 Å². The minimum absolute atomic E-state index is 0.822. The Balaban J connectivity index is 1.98. The van der Waals surface area contributed by atoms with Gasteiger partial charge in [-0.15, -0.1) is 11.3 Å². The summed E-state index contributed by atoms with van der Waals surface area (Å²) in [5.74, 6) is 0.929. The van der Waals surface area contributed by atoms with E-state index in [-0.39, 0.29) is 0 Å². The predicted molar refractivity (Wildman–Crippen MR) is 62.5 cm³/mol. The first-order valence-corrected chi connectivity index (χ1v) is 6.08. The van der Waals surface area contributed by atoms with Crippen LogP contribution in [-0.4, -0.2) is 4.98 Å². The van der Waals surface area contributed by atoms with Crippen molar-refractivity contribution in [1.82, 2.24) is 4.98 Å². The maximum atomic E-state index is 5.69. The highest BCUT2D eigenvalue weighted by Crippen LogP contribution is 2.24. The molecule has 0 saturated heterocycles. The van der Waals surface area contributed by atoms with Crippen LogP contribution in [0.5, 0.6) is 0 Å². The largest absolute Gasteiger partial charge is 0.399 e. The van der Waals surface area contributed by atoms with Crippen LogP contribution >= 0.6 is 23.1 Å². The number of nitrogen functional groups attached to an aromatic ring is 1. The second kappa shape index (κ2) is 4.48.